The van der Waals surface area contributed by atoms with Crippen LogP contribution in [0.1, 0.15) is 33.4 Å². The van der Waals surface area contributed by atoms with Gasteiger partial charge in [0.1, 0.15) is 12.4 Å². The summed E-state index contributed by atoms with van der Waals surface area (Å²) in [6, 6.07) is 28.0. The highest BCUT2D eigenvalue weighted by Crippen LogP contribution is 2.34. The molecule has 51 heavy (non-hydrogen) atoms. The molecule has 262 valence electrons. The first kappa shape index (κ1) is 36.1. The first-order valence-corrected chi connectivity index (χ1v) is 18.1. The number of hydrogen-bond acceptors (Lipinski definition) is 7. The molecule has 0 aliphatic carbocycles. The lowest BCUT2D eigenvalue weighted by Gasteiger charge is -2.34. The molecule has 1 fully saturated rings. The molecular weight excluding hydrogens is 728 g/mol. The second-order valence-electron chi connectivity index (χ2n) is 12.5. The SMILES string of the molecule is Cc1ccc(COc2ccc(Oc3c(C)cc(/C=C/C(=O)N4CCN(Cc5ccc(CCOc6ccc(Br)cn6)cc5)CC4)cc3Cl)nc2)cc1. The van der Waals surface area contributed by atoms with Gasteiger partial charge in [0.15, 0.2) is 5.75 Å². The van der Waals surface area contributed by atoms with Crippen LogP contribution in [-0.4, -0.2) is 58.5 Å². The lowest BCUT2D eigenvalue weighted by atomic mass is 10.1. The van der Waals surface area contributed by atoms with E-state index in [1.165, 1.54) is 16.7 Å². The van der Waals surface area contributed by atoms with E-state index in [9.17, 15) is 4.79 Å². The molecule has 5 aromatic rings. The normalized spacial score (nSPS) is 13.4. The standard InChI is InChI=1S/C41H40BrClN4O4/c1-29-3-5-33(6-4-29)28-50-36-13-15-39(45-26-36)51-41-30(2)23-34(24-37(41)43)11-16-40(48)47-20-18-46(19-21-47)27-32-9-7-31(8-10-32)17-22-49-38-14-12-35(42)25-44-38/h3-16,23-26H,17-22,27-28H2,1-2H3/b16-11+. The van der Waals surface area contributed by atoms with E-state index in [2.05, 4.69) is 74.1 Å². The summed E-state index contributed by atoms with van der Waals surface area (Å²) >= 11 is 10.0. The Morgan fingerprint density at radius 1 is 0.824 bits per heavy atom. The molecule has 6 rings (SSSR count). The average molecular weight is 768 g/mol. The van der Waals surface area contributed by atoms with Gasteiger partial charge >= 0.3 is 0 Å². The lowest BCUT2D eigenvalue weighted by Crippen LogP contribution is -2.47. The van der Waals surface area contributed by atoms with Gasteiger partial charge in [0.05, 0.1) is 17.8 Å². The van der Waals surface area contributed by atoms with Crippen molar-refractivity contribution in [2.45, 2.75) is 33.4 Å². The number of pyridine rings is 2. The van der Waals surface area contributed by atoms with Gasteiger partial charge in [-0.25, -0.2) is 9.97 Å². The highest BCUT2D eigenvalue weighted by Gasteiger charge is 2.20. The maximum atomic E-state index is 13.0. The van der Waals surface area contributed by atoms with Gasteiger partial charge < -0.3 is 19.1 Å². The Hall–Kier alpha value is -4.70. The largest absolute Gasteiger partial charge is 0.487 e. The van der Waals surface area contributed by atoms with Crippen molar-refractivity contribution in [3.63, 3.8) is 0 Å². The molecule has 1 saturated heterocycles. The van der Waals surface area contributed by atoms with Crippen LogP contribution in [0.4, 0.5) is 0 Å². The highest BCUT2D eigenvalue weighted by atomic mass is 79.9. The monoisotopic (exact) mass is 766 g/mol. The van der Waals surface area contributed by atoms with Crippen LogP contribution < -0.4 is 14.2 Å². The quantitative estimate of drug-likeness (QED) is 0.111. The molecule has 0 bridgehead atoms. The Morgan fingerprint density at radius 3 is 2.22 bits per heavy atom. The molecule has 2 aromatic heterocycles. The van der Waals surface area contributed by atoms with E-state index in [1.807, 2.05) is 48.2 Å². The van der Waals surface area contributed by atoms with Crippen molar-refractivity contribution in [1.82, 2.24) is 19.8 Å². The van der Waals surface area contributed by atoms with Crippen molar-refractivity contribution in [3.8, 4) is 23.3 Å². The maximum absolute atomic E-state index is 13.0. The van der Waals surface area contributed by atoms with Gasteiger partial charge in [-0.15, -0.1) is 0 Å². The minimum Gasteiger partial charge on any atom is -0.487 e. The molecule has 8 nitrogen and oxygen atoms in total. The van der Waals surface area contributed by atoms with E-state index in [1.54, 1.807) is 36.7 Å². The van der Waals surface area contributed by atoms with E-state index in [0.29, 0.717) is 54.6 Å². The number of rotatable bonds is 13. The Bertz CT molecular complexity index is 1900. The van der Waals surface area contributed by atoms with Gasteiger partial charge in [-0.1, -0.05) is 65.7 Å². The van der Waals surface area contributed by atoms with Gasteiger partial charge in [-0.05, 0) is 87.9 Å². The fraction of sp³-hybridized carbons (Fsp3) is 0.244. The average Bonchev–Trinajstić information content (AvgIpc) is 3.14. The number of amides is 1. The third-order valence-electron chi connectivity index (χ3n) is 8.57. The van der Waals surface area contributed by atoms with Crippen LogP contribution in [-0.2, 0) is 24.4 Å². The maximum Gasteiger partial charge on any atom is 0.246 e. The first-order valence-electron chi connectivity index (χ1n) is 16.9. The van der Waals surface area contributed by atoms with Crippen LogP contribution in [0, 0.1) is 13.8 Å². The van der Waals surface area contributed by atoms with Crippen LogP contribution in [0.25, 0.3) is 6.08 Å². The van der Waals surface area contributed by atoms with E-state index in [4.69, 9.17) is 25.8 Å². The minimum atomic E-state index is -0.0115. The molecule has 0 saturated carbocycles. The smallest absolute Gasteiger partial charge is 0.246 e. The predicted octanol–water partition coefficient (Wildman–Crippen LogP) is 8.86. The third kappa shape index (κ3) is 10.7. The number of carbonyl (C=O) groups excluding carboxylic acids is 1. The second kappa shape index (κ2) is 17.5. The molecule has 1 aliphatic heterocycles. The van der Waals surface area contributed by atoms with Crippen LogP contribution in [0.3, 0.4) is 0 Å². The number of piperazine rings is 1. The van der Waals surface area contributed by atoms with Crippen LogP contribution >= 0.6 is 27.5 Å². The van der Waals surface area contributed by atoms with Crippen LogP contribution in [0.2, 0.25) is 5.02 Å². The van der Waals surface area contributed by atoms with E-state index >= 15 is 0 Å². The lowest BCUT2D eigenvalue weighted by molar-refractivity contribution is -0.127. The molecule has 1 aliphatic rings. The Labute approximate surface area is 312 Å². The van der Waals surface area contributed by atoms with Crippen molar-refractivity contribution < 1.29 is 19.0 Å². The number of aromatic nitrogens is 2. The van der Waals surface area contributed by atoms with E-state index < -0.39 is 0 Å². The molecule has 10 heteroatoms. The van der Waals surface area contributed by atoms with Crippen molar-refractivity contribution >= 4 is 39.5 Å². The zero-order valence-electron chi connectivity index (χ0n) is 28.7. The number of aryl methyl sites for hydroxylation is 2. The van der Waals surface area contributed by atoms with Gasteiger partial charge in [0.2, 0.25) is 17.7 Å². The van der Waals surface area contributed by atoms with Crippen molar-refractivity contribution in [1.29, 1.82) is 0 Å². The summed E-state index contributed by atoms with van der Waals surface area (Å²) in [6.07, 6.45) is 7.60. The van der Waals surface area contributed by atoms with E-state index in [0.717, 1.165) is 47.2 Å². The highest BCUT2D eigenvalue weighted by molar-refractivity contribution is 9.10. The summed E-state index contributed by atoms with van der Waals surface area (Å²) in [5.41, 5.74) is 6.44. The Morgan fingerprint density at radius 2 is 1.53 bits per heavy atom. The summed E-state index contributed by atoms with van der Waals surface area (Å²) in [5.74, 6) is 2.20. The molecule has 0 radical (unpaired) electrons. The zero-order valence-corrected chi connectivity index (χ0v) is 31.1. The van der Waals surface area contributed by atoms with Gasteiger partial charge in [-0.3, -0.25) is 9.69 Å². The van der Waals surface area contributed by atoms with Crippen molar-refractivity contribution in [3.05, 3.63) is 146 Å². The number of hydrogen-bond donors (Lipinski definition) is 0. The molecule has 0 N–H and O–H groups in total. The number of carbonyl (C=O) groups is 1. The Kier molecular flexibility index (Phi) is 12.4. The topological polar surface area (TPSA) is 77.0 Å². The summed E-state index contributed by atoms with van der Waals surface area (Å²) < 4.78 is 18.6. The fourth-order valence-electron chi connectivity index (χ4n) is 5.64. The molecule has 0 atom stereocenters. The zero-order chi connectivity index (χ0) is 35.6. The number of nitrogens with zero attached hydrogens (tertiary/aromatic N) is 4. The first-order chi connectivity index (χ1) is 24.8. The molecule has 3 aromatic carbocycles. The summed E-state index contributed by atoms with van der Waals surface area (Å²) in [6.45, 7) is 8.86. The van der Waals surface area contributed by atoms with Crippen LogP contribution in [0.5, 0.6) is 23.3 Å². The Balaban J connectivity index is 0.931. The van der Waals surface area contributed by atoms with Crippen molar-refractivity contribution in [2.75, 3.05) is 32.8 Å². The third-order valence-corrected chi connectivity index (χ3v) is 9.32. The van der Waals surface area contributed by atoms with Crippen LogP contribution in [0.15, 0.2) is 108 Å². The van der Waals surface area contributed by atoms with Gasteiger partial charge in [-0.2, -0.15) is 0 Å². The molecule has 1 amide bonds. The number of benzene rings is 3. The molecule has 0 unspecified atom stereocenters. The molecular formula is C41H40BrClN4O4. The van der Waals surface area contributed by atoms with Crippen molar-refractivity contribution in [2.24, 2.45) is 0 Å². The summed E-state index contributed by atoms with van der Waals surface area (Å²) in [4.78, 5) is 25.9. The summed E-state index contributed by atoms with van der Waals surface area (Å²) in [7, 11) is 0. The fourth-order valence-corrected chi connectivity index (χ4v) is 6.19. The van der Waals surface area contributed by atoms with Gasteiger partial charge in [0.25, 0.3) is 0 Å². The number of ether oxygens (including phenoxy) is 3. The number of halogens is 2. The summed E-state index contributed by atoms with van der Waals surface area (Å²) in [5, 5.41) is 0.441. The second-order valence-corrected chi connectivity index (χ2v) is 13.8. The molecule has 3 heterocycles. The minimum absolute atomic E-state index is 0.0115. The predicted molar refractivity (Wildman–Crippen MR) is 204 cm³/mol. The molecule has 0 spiro atoms. The van der Waals surface area contributed by atoms with Gasteiger partial charge in [0, 0.05) is 68.0 Å². The van der Waals surface area contributed by atoms with E-state index in [-0.39, 0.29) is 5.91 Å².